The first-order valence-electron chi connectivity index (χ1n) is 8.82. The number of carbonyl (C=O) groups excluding carboxylic acids is 1. The first-order chi connectivity index (χ1) is 12.7. The molecule has 1 aliphatic rings. The Bertz CT molecular complexity index is 836. The zero-order chi connectivity index (χ0) is 17.9. The number of carbonyl (C=O) groups is 1. The topological polar surface area (TPSA) is 20.3 Å². The number of thioether (sulfide) groups is 1. The zero-order valence-electron chi connectivity index (χ0n) is 14.7. The van der Waals surface area contributed by atoms with E-state index < -0.39 is 0 Å². The number of rotatable bonds is 4. The lowest BCUT2D eigenvalue weighted by atomic mass is 9.90. The minimum Gasteiger partial charge on any atom is -0.324 e. The fourth-order valence-corrected chi connectivity index (χ4v) is 5.83. The van der Waals surface area contributed by atoms with Gasteiger partial charge >= 0.3 is 0 Å². The highest BCUT2D eigenvalue weighted by Crippen LogP contribution is 2.43. The summed E-state index contributed by atoms with van der Waals surface area (Å²) in [5, 5.41) is 0.135. The van der Waals surface area contributed by atoms with Gasteiger partial charge in [-0.3, -0.25) is 4.79 Å². The predicted octanol–water partition coefficient (Wildman–Crippen LogP) is 5.46. The highest BCUT2D eigenvalue weighted by atomic mass is 32.2. The molecule has 1 aliphatic heterocycles. The number of benzene rings is 2. The summed E-state index contributed by atoms with van der Waals surface area (Å²) in [6, 6.07) is 24.6. The minimum atomic E-state index is -0.250. The Hall–Kier alpha value is -2.04. The van der Waals surface area contributed by atoms with E-state index in [0.717, 1.165) is 23.4 Å². The molecule has 0 saturated carbocycles. The molecule has 132 valence electrons. The van der Waals surface area contributed by atoms with Crippen LogP contribution in [0.1, 0.15) is 32.2 Å². The second-order valence-corrected chi connectivity index (χ2v) is 8.97. The van der Waals surface area contributed by atoms with Gasteiger partial charge in [0, 0.05) is 22.1 Å². The van der Waals surface area contributed by atoms with Crippen molar-refractivity contribution >= 4 is 29.0 Å². The Kier molecular flexibility index (Phi) is 5.14. The van der Waals surface area contributed by atoms with Gasteiger partial charge in [0.1, 0.15) is 5.37 Å². The van der Waals surface area contributed by atoms with Gasteiger partial charge in [-0.05, 0) is 30.2 Å². The summed E-state index contributed by atoms with van der Waals surface area (Å²) in [7, 11) is 0. The molecule has 4 heteroatoms. The van der Waals surface area contributed by atoms with E-state index >= 15 is 0 Å². The molecule has 0 aliphatic carbocycles. The minimum absolute atomic E-state index is 0.135. The van der Waals surface area contributed by atoms with Crippen LogP contribution in [0, 0.1) is 6.92 Å². The monoisotopic (exact) mass is 379 g/mol. The quantitative estimate of drug-likeness (QED) is 0.600. The van der Waals surface area contributed by atoms with Crippen LogP contribution < -0.4 is 0 Å². The fraction of sp³-hybridized carbons (Fsp3) is 0.227. The van der Waals surface area contributed by atoms with Crippen molar-refractivity contribution in [1.29, 1.82) is 0 Å². The fourth-order valence-electron chi connectivity index (χ4n) is 3.45. The van der Waals surface area contributed by atoms with E-state index in [1.807, 2.05) is 48.2 Å². The van der Waals surface area contributed by atoms with Crippen LogP contribution in [0.4, 0.5) is 0 Å². The summed E-state index contributed by atoms with van der Waals surface area (Å²) in [6.45, 7) is 2.93. The molecular formula is C22H21NOS2. The molecule has 2 heterocycles. The number of nitrogens with zero attached hydrogens (tertiary/aromatic N) is 1. The Morgan fingerprint density at radius 1 is 0.962 bits per heavy atom. The largest absolute Gasteiger partial charge is 0.324 e. The van der Waals surface area contributed by atoms with Crippen LogP contribution in [0.3, 0.4) is 0 Å². The Labute approximate surface area is 162 Å². The number of aryl methyl sites for hydroxylation is 1. The highest BCUT2D eigenvalue weighted by molar-refractivity contribution is 7.99. The van der Waals surface area contributed by atoms with Crippen LogP contribution in [0.25, 0.3) is 0 Å². The standard InChI is InChI=1S/C22H21NOS2/c1-16-12-13-19(26-16)22-23(14-15-25-22)21(24)20(17-8-4-2-5-9-17)18-10-6-3-7-11-18/h2-13,20,22H,14-15H2,1H3/t22-/m0/s1. The van der Waals surface area contributed by atoms with E-state index in [1.54, 1.807) is 11.3 Å². The number of thiophene rings is 1. The highest BCUT2D eigenvalue weighted by Gasteiger charge is 2.36. The summed E-state index contributed by atoms with van der Waals surface area (Å²) in [6.07, 6.45) is 0. The van der Waals surface area contributed by atoms with Crippen molar-refractivity contribution in [2.45, 2.75) is 18.2 Å². The molecule has 0 N–H and O–H groups in total. The van der Waals surface area contributed by atoms with E-state index in [2.05, 4.69) is 48.2 Å². The van der Waals surface area contributed by atoms with Crippen molar-refractivity contribution in [2.24, 2.45) is 0 Å². The van der Waals surface area contributed by atoms with Crippen LogP contribution in [0.5, 0.6) is 0 Å². The molecule has 0 bridgehead atoms. The Morgan fingerprint density at radius 3 is 2.12 bits per heavy atom. The second kappa shape index (κ2) is 7.68. The summed E-state index contributed by atoms with van der Waals surface area (Å²) in [5.74, 6) is 0.937. The number of hydrogen-bond acceptors (Lipinski definition) is 3. The van der Waals surface area contributed by atoms with Crippen molar-refractivity contribution in [3.05, 3.63) is 93.7 Å². The average Bonchev–Trinajstić information content (AvgIpc) is 3.32. The van der Waals surface area contributed by atoms with Crippen molar-refractivity contribution in [3.63, 3.8) is 0 Å². The lowest BCUT2D eigenvalue weighted by Crippen LogP contribution is -2.35. The Balaban J connectivity index is 1.70. The lowest BCUT2D eigenvalue weighted by Gasteiger charge is -2.28. The van der Waals surface area contributed by atoms with Gasteiger partial charge in [-0.2, -0.15) is 0 Å². The molecule has 4 rings (SSSR count). The van der Waals surface area contributed by atoms with Gasteiger partial charge in [0.15, 0.2) is 0 Å². The smallest absolute Gasteiger partial charge is 0.235 e. The molecule has 2 nitrogen and oxygen atoms in total. The van der Waals surface area contributed by atoms with Gasteiger partial charge in [0.25, 0.3) is 0 Å². The van der Waals surface area contributed by atoms with E-state index in [4.69, 9.17) is 0 Å². The third-order valence-corrected chi connectivity index (χ3v) is 7.14. The number of hydrogen-bond donors (Lipinski definition) is 0. The molecule has 0 radical (unpaired) electrons. The molecule has 1 amide bonds. The summed E-state index contributed by atoms with van der Waals surface area (Å²) in [4.78, 5) is 18.3. The lowest BCUT2D eigenvalue weighted by molar-refractivity contribution is -0.132. The van der Waals surface area contributed by atoms with Crippen LogP contribution in [0.15, 0.2) is 72.8 Å². The van der Waals surface area contributed by atoms with Crippen molar-refractivity contribution in [1.82, 2.24) is 4.90 Å². The molecule has 1 saturated heterocycles. The van der Waals surface area contributed by atoms with Gasteiger partial charge in [-0.25, -0.2) is 0 Å². The zero-order valence-corrected chi connectivity index (χ0v) is 16.3. The predicted molar refractivity (Wildman–Crippen MR) is 111 cm³/mol. The molecule has 1 fully saturated rings. The van der Waals surface area contributed by atoms with Crippen molar-refractivity contribution in [2.75, 3.05) is 12.3 Å². The van der Waals surface area contributed by atoms with Crippen LogP contribution >= 0.6 is 23.1 Å². The maximum atomic E-state index is 13.7. The molecule has 0 unspecified atom stereocenters. The van der Waals surface area contributed by atoms with Crippen LogP contribution in [-0.2, 0) is 4.79 Å². The molecule has 2 aromatic carbocycles. The SMILES string of the molecule is Cc1ccc([C@@H]2SCCN2C(=O)C(c2ccccc2)c2ccccc2)s1. The van der Waals surface area contributed by atoms with Gasteiger partial charge < -0.3 is 4.90 Å². The van der Waals surface area contributed by atoms with Gasteiger partial charge in [-0.15, -0.1) is 23.1 Å². The molecule has 3 aromatic rings. The molecule has 26 heavy (non-hydrogen) atoms. The first-order valence-corrected chi connectivity index (χ1v) is 10.7. The second-order valence-electron chi connectivity index (χ2n) is 6.46. The molecule has 0 spiro atoms. The van der Waals surface area contributed by atoms with E-state index in [0.29, 0.717) is 0 Å². The van der Waals surface area contributed by atoms with E-state index in [-0.39, 0.29) is 17.2 Å². The first kappa shape index (κ1) is 17.4. The average molecular weight is 380 g/mol. The maximum Gasteiger partial charge on any atom is 0.235 e. The summed E-state index contributed by atoms with van der Waals surface area (Å²) in [5.41, 5.74) is 2.11. The number of amides is 1. The van der Waals surface area contributed by atoms with Gasteiger partial charge in [0.2, 0.25) is 5.91 Å². The molecule has 1 aromatic heterocycles. The summed E-state index contributed by atoms with van der Waals surface area (Å²) >= 11 is 3.66. The van der Waals surface area contributed by atoms with Gasteiger partial charge in [-0.1, -0.05) is 60.7 Å². The van der Waals surface area contributed by atoms with E-state index in [1.165, 1.54) is 9.75 Å². The molecular weight excluding hydrogens is 358 g/mol. The van der Waals surface area contributed by atoms with Crippen LogP contribution in [0.2, 0.25) is 0 Å². The van der Waals surface area contributed by atoms with Crippen molar-refractivity contribution in [3.8, 4) is 0 Å². The molecule has 1 atom stereocenters. The van der Waals surface area contributed by atoms with E-state index in [9.17, 15) is 4.79 Å². The summed E-state index contributed by atoms with van der Waals surface area (Å²) < 4.78 is 0. The third kappa shape index (κ3) is 3.44. The van der Waals surface area contributed by atoms with Gasteiger partial charge in [0.05, 0.1) is 5.92 Å². The maximum absolute atomic E-state index is 13.7. The van der Waals surface area contributed by atoms with Crippen molar-refractivity contribution < 1.29 is 4.79 Å². The Morgan fingerprint density at radius 2 is 1.58 bits per heavy atom. The third-order valence-electron chi connectivity index (χ3n) is 4.69. The normalized spacial score (nSPS) is 17.0. The van der Waals surface area contributed by atoms with Crippen LogP contribution in [-0.4, -0.2) is 23.1 Å².